The molecule has 0 atom stereocenters. The normalized spacial score (nSPS) is 9.10. The number of nitrogens with zero attached hydrogens (tertiary/aromatic N) is 1. The highest BCUT2D eigenvalue weighted by Crippen LogP contribution is 1.85. The molecule has 60 valence electrons. The topological polar surface area (TPSA) is 58.4 Å². The van der Waals surface area contributed by atoms with E-state index in [0.29, 0.717) is 19.6 Å². The van der Waals surface area contributed by atoms with Crippen molar-refractivity contribution in [2.24, 2.45) is 5.73 Å². The molecule has 0 aliphatic rings. The van der Waals surface area contributed by atoms with Crippen LogP contribution in [0.25, 0.3) is 0 Å². The molecular weight excluding hydrogens is 130 g/mol. The maximum absolute atomic E-state index is 10.9. The second-order valence-electron chi connectivity index (χ2n) is 1.92. The molecule has 0 saturated heterocycles. The maximum atomic E-state index is 10.9. The molecule has 0 rings (SSSR count). The minimum atomic E-state index is -0.0621. The zero-order valence-corrected chi connectivity index (χ0v) is 6.55. The highest BCUT2D eigenvalue weighted by Gasteiger charge is 2.05. The third-order valence-corrected chi connectivity index (χ3v) is 1.28. The summed E-state index contributed by atoms with van der Waals surface area (Å²) in [6, 6.07) is -0.0621. The van der Waals surface area contributed by atoms with Gasteiger partial charge in [0.15, 0.2) is 0 Å². The Morgan fingerprint density at radius 2 is 2.30 bits per heavy atom. The first kappa shape index (κ1) is 9.23. The Balaban J connectivity index is 3.68. The highest BCUT2D eigenvalue weighted by atomic mass is 16.2. The number of rotatable bonds is 3. The Labute approximate surface area is 61.4 Å². The zero-order valence-electron chi connectivity index (χ0n) is 6.55. The summed E-state index contributed by atoms with van der Waals surface area (Å²) in [5.41, 5.74) is 5.28. The van der Waals surface area contributed by atoms with Crippen molar-refractivity contribution in [1.29, 1.82) is 0 Å². The number of nitrogens with one attached hydrogen (secondary N) is 1. The van der Waals surface area contributed by atoms with Gasteiger partial charge in [0.25, 0.3) is 0 Å². The van der Waals surface area contributed by atoms with Crippen LogP contribution >= 0.6 is 0 Å². The molecule has 0 aromatic carbocycles. The van der Waals surface area contributed by atoms with Gasteiger partial charge < -0.3 is 16.0 Å². The lowest BCUT2D eigenvalue weighted by atomic mass is 10.5. The molecule has 0 aromatic heterocycles. The Kier molecular flexibility index (Phi) is 4.66. The molecule has 0 fully saturated rings. The summed E-state index contributed by atoms with van der Waals surface area (Å²) in [7, 11) is 1.61. The Morgan fingerprint density at radius 1 is 1.70 bits per heavy atom. The van der Waals surface area contributed by atoms with Crippen LogP contribution in [0.5, 0.6) is 0 Å². The van der Waals surface area contributed by atoms with E-state index >= 15 is 0 Å². The fourth-order valence-corrected chi connectivity index (χ4v) is 0.717. The van der Waals surface area contributed by atoms with Crippen LogP contribution < -0.4 is 11.1 Å². The van der Waals surface area contributed by atoms with Gasteiger partial charge in [0.05, 0.1) is 0 Å². The number of carbonyl (C=O) groups is 1. The van der Waals surface area contributed by atoms with Crippen molar-refractivity contribution < 1.29 is 4.79 Å². The van der Waals surface area contributed by atoms with Gasteiger partial charge in [-0.1, -0.05) is 0 Å². The van der Waals surface area contributed by atoms with E-state index in [1.54, 1.807) is 11.9 Å². The number of likely N-dealkylation sites (N-methyl/N-ethyl adjacent to an activating group) is 1. The molecule has 10 heavy (non-hydrogen) atoms. The van der Waals surface area contributed by atoms with Crippen molar-refractivity contribution in [3.8, 4) is 0 Å². The summed E-state index contributed by atoms with van der Waals surface area (Å²) < 4.78 is 0. The molecule has 0 saturated carbocycles. The molecule has 0 aliphatic heterocycles. The minimum Gasteiger partial charge on any atom is -0.341 e. The lowest BCUT2D eigenvalue weighted by Gasteiger charge is -2.18. The average Bonchev–Trinajstić information content (AvgIpc) is 1.99. The van der Waals surface area contributed by atoms with Crippen LogP contribution in [-0.2, 0) is 0 Å². The quantitative estimate of drug-likeness (QED) is 0.568. The number of amides is 2. The van der Waals surface area contributed by atoms with E-state index in [2.05, 4.69) is 5.32 Å². The van der Waals surface area contributed by atoms with Crippen LogP contribution in [-0.4, -0.2) is 37.6 Å². The van der Waals surface area contributed by atoms with Gasteiger partial charge in [0.1, 0.15) is 0 Å². The molecule has 3 N–H and O–H groups in total. The fourth-order valence-electron chi connectivity index (χ4n) is 0.717. The number of nitrogens with two attached hydrogens (primary N) is 1. The predicted molar refractivity (Wildman–Crippen MR) is 40.8 cm³/mol. The van der Waals surface area contributed by atoms with Gasteiger partial charge in [0, 0.05) is 26.7 Å². The van der Waals surface area contributed by atoms with Crippen molar-refractivity contribution in [2.45, 2.75) is 6.92 Å². The van der Waals surface area contributed by atoms with Gasteiger partial charge in [-0.25, -0.2) is 4.79 Å². The smallest absolute Gasteiger partial charge is 0.317 e. The van der Waals surface area contributed by atoms with Gasteiger partial charge in [-0.3, -0.25) is 0 Å². The SMILES string of the molecule is CCN(CCN)C(=O)NC. The van der Waals surface area contributed by atoms with E-state index in [4.69, 9.17) is 5.73 Å². The number of carbonyl (C=O) groups excluding carboxylic acids is 1. The molecule has 2 amide bonds. The van der Waals surface area contributed by atoms with Crippen molar-refractivity contribution in [3.05, 3.63) is 0 Å². The molecule has 4 heteroatoms. The monoisotopic (exact) mass is 145 g/mol. The lowest BCUT2D eigenvalue weighted by molar-refractivity contribution is 0.204. The van der Waals surface area contributed by atoms with Crippen LogP contribution in [0.4, 0.5) is 4.79 Å². The second kappa shape index (κ2) is 5.05. The summed E-state index contributed by atoms with van der Waals surface area (Å²) >= 11 is 0. The molecule has 0 heterocycles. The molecular formula is C6H15N3O. The summed E-state index contributed by atoms with van der Waals surface area (Å²) in [5, 5.41) is 2.53. The summed E-state index contributed by atoms with van der Waals surface area (Å²) in [4.78, 5) is 12.5. The van der Waals surface area contributed by atoms with Gasteiger partial charge >= 0.3 is 6.03 Å². The maximum Gasteiger partial charge on any atom is 0.317 e. The van der Waals surface area contributed by atoms with E-state index in [1.807, 2.05) is 6.92 Å². The Hall–Kier alpha value is -0.770. The van der Waals surface area contributed by atoms with Crippen LogP contribution in [0.2, 0.25) is 0 Å². The molecule has 0 bridgehead atoms. The van der Waals surface area contributed by atoms with Gasteiger partial charge in [0.2, 0.25) is 0 Å². The third kappa shape index (κ3) is 2.68. The summed E-state index contributed by atoms with van der Waals surface area (Å²) in [5.74, 6) is 0. The van der Waals surface area contributed by atoms with Crippen molar-refractivity contribution >= 4 is 6.03 Å². The third-order valence-electron chi connectivity index (χ3n) is 1.28. The van der Waals surface area contributed by atoms with Crippen LogP contribution in [0.1, 0.15) is 6.92 Å². The number of hydrogen-bond acceptors (Lipinski definition) is 2. The summed E-state index contributed by atoms with van der Waals surface area (Å²) in [6.07, 6.45) is 0. The van der Waals surface area contributed by atoms with Crippen molar-refractivity contribution in [2.75, 3.05) is 26.7 Å². The molecule has 0 unspecified atom stereocenters. The number of urea groups is 1. The molecule has 0 aliphatic carbocycles. The van der Waals surface area contributed by atoms with E-state index in [0.717, 1.165) is 0 Å². The highest BCUT2D eigenvalue weighted by molar-refractivity contribution is 5.73. The van der Waals surface area contributed by atoms with Gasteiger partial charge in [-0.05, 0) is 6.92 Å². The lowest BCUT2D eigenvalue weighted by Crippen LogP contribution is -2.40. The van der Waals surface area contributed by atoms with E-state index in [1.165, 1.54) is 0 Å². The standard InChI is InChI=1S/C6H15N3O/c1-3-9(5-4-7)6(10)8-2/h3-5,7H2,1-2H3,(H,8,10). The first-order valence-corrected chi connectivity index (χ1v) is 3.43. The predicted octanol–water partition coefficient (Wildman–Crippen LogP) is -0.394. The molecule has 0 aromatic rings. The fraction of sp³-hybridized carbons (Fsp3) is 0.833. The molecule has 0 radical (unpaired) electrons. The zero-order chi connectivity index (χ0) is 7.98. The van der Waals surface area contributed by atoms with Crippen LogP contribution in [0.15, 0.2) is 0 Å². The second-order valence-corrected chi connectivity index (χ2v) is 1.92. The Morgan fingerprint density at radius 3 is 2.60 bits per heavy atom. The average molecular weight is 145 g/mol. The van der Waals surface area contributed by atoms with Gasteiger partial charge in [-0.2, -0.15) is 0 Å². The number of hydrogen-bond donors (Lipinski definition) is 2. The van der Waals surface area contributed by atoms with Crippen molar-refractivity contribution in [1.82, 2.24) is 10.2 Å². The molecule has 0 spiro atoms. The minimum absolute atomic E-state index is 0.0621. The Bertz CT molecular complexity index is 105. The first-order valence-electron chi connectivity index (χ1n) is 3.43. The van der Waals surface area contributed by atoms with Crippen LogP contribution in [0.3, 0.4) is 0 Å². The molecule has 4 nitrogen and oxygen atoms in total. The summed E-state index contributed by atoms with van der Waals surface area (Å²) in [6.45, 7) is 3.76. The van der Waals surface area contributed by atoms with E-state index in [9.17, 15) is 4.79 Å². The first-order chi connectivity index (χ1) is 4.76. The van der Waals surface area contributed by atoms with E-state index < -0.39 is 0 Å². The van der Waals surface area contributed by atoms with E-state index in [-0.39, 0.29) is 6.03 Å². The van der Waals surface area contributed by atoms with Crippen LogP contribution in [0, 0.1) is 0 Å². The van der Waals surface area contributed by atoms with Crippen molar-refractivity contribution in [3.63, 3.8) is 0 Å². The van der Waals surface area contributed by atoms with Gasteiger partial charge in [-0.15, -0.1) is 0 Å². The largest absolute Gasteiger partial charge is 0.341 e.